The molecular formula is C11H19FN2O. The molecule has 2 aliphatic heterocycles. The van der Waals surface area contributed by atoms with Gasteiger partial charge < -0.3 is 10.2 Å². The fourth-order valence-corrected chi connectivity index (χ4v) is 2.51. The number of amides is 1. The van der Waals surface area contributed by atoms with E-state index >= 15 is 0 Å². The number of alkyl halides is 1. The van der Waals surface area contributed by atoms with Crippen LogP contribution in [-0.2, 0) is 4.79 Å². The lowest BCUT2D eigenvalue weighted by atomic mass is 9.97. The van der Waals surface area contributed by atoms with Gasteiger partial charge in [0.2, 0.25) is 5.91 Å². The third-order valence-corrected chi connectivity index (χ3v) is 3.46. The van der Waals surface area contributed by atoms with Crippen LogP contribution in [0.15, 0.2) is 0 Å². The summed E-state index contributed by atoms with van der Waals surface area (Å²) in [6, 6.07) is 0. The Hall–Kier alpha value is -0.640. The van der Waals surface area contributed by atoms with Crippen LogP contribution in [-0.4, -0.2) is 43.7 Å². The summed E-state index contributed by atoms with van der Waals surface area (Å²) in [6.45, 7) is 2.91. The lowest BCUT2D eigenvalue weighted by molar-refractivity contribution is -0.136. The van der Waals surface area contributed by atoms with E-state index in [9.17, 15) is 9.18 Å². The van der Waals surface area contributed by atoms with E-state index in [0.717, 1.165) is 38.9 Å². The predicted molar refractivity (Wildman–Crippen MR) is 56.3 cm³/mol. The molecule has 15 heavy (non-hydrogen) atoms. The Morgan fingerprint density at radius 1 is 1.47 bits per heavy atom. The number of halogens is 1. The Kier molecular flexibility index (Phi) is 3.57. The number of hydrogen-bond acceptors (Lipinski definition) is 2. The minimum Gasteiger partial charge on any atom is -0.342 e. The first-order valence-electron chi connectivity index (χ1n) is 5.86. The first kappa shape index (κ1) is 10.9. The van der Waals surface area contributed by atoms with Gasteiger partial charge in [0, 0.05) is 25.6 Å². The van der Waals surface area contributed by atoms with Crippen LogP contribution in [0.5, 0.6) is 0 Å². The van der Waals surface area contributed by atoms with Crippen molar-refractivity contribution in [2.24, 2.45) is 11.8 Å². The van der Waals surface area contributed by atoms with Crippen LogP contribution in [0.4, 0.5) is 4.39 Å². The van der Waals surface area contributed by atoms with E-state index in [1.807, 2.05) is 4.90 Å². The molecule has 1 N–H and O–H groups in total. The summed E-state index contributed by atoms with van der Waals surface area (Å²) in [6.07, 6.45) is 2.83. The summed E-state index contributed by atoms with van der Waals surface area (Å²) < 4.78 is 12.5. The van der Waals surface area contributed by atoms with Crippen molar-refractivity contribution in [2.75, 3.05) is 32.9 Å². The van der Waals surface area contributed by atoms with Crippen LogP contribution in [0.3, 0.4) is 0 Å². The van der Waals surface area contributed by atoms with Gasteiger partial charge >= 0.3 is 0 Å². The van der Waals surface area contributed by atoms with Crippen molar-refractivity contribution >= 4 is 5.91 Å². The zero-order valence-electron chi connectivity index (χ0n) is 9.04. The molecule has 2 heterocycles. The zero-order chi connectivity index (χ0) is 10.7. The highest BCUT2D eigenvalue weighted by atomic mass is 19.1. The highest BCUT2D eigenvalue weighted by Crippen LogP contribution is 2.20. The number of nitrogens with one attached hydrogen (secondary N) is 1. The molecule has 0 bridgehead atoms. The number of likely N-dealkylation sites (tertiary alicyclic amines) is 1. The molecule has 0 saturated carbocycles. The van der Waals surface area contributed by atoms with Gasteiger partial charge in [-0.3, -0.25) is 9.18 Å². The first-order chi connectivity index (χ1) is 7.31. The molecule has 3 nitrogen and oxygen atoms in total. The summed E-state index contributed by atoms with van der Waals surface area (Å²) in [4.78, 5) is 13.9. The molecule has 0 aliphatic carbocycles. The minimum atomic E-state index is -0.285. The van der Waals surface area contributed by atoms with Crippen molar-refractivity contribution in [1.82, 2.24) is 10.2 Å². The van der Waals surface area contributed by atoms with Gasteiger partial charge in [-0.15, -0.1) is 0 Å². The van der Waals surface area contributed by atoms with Crippen LogP contribution < -0.4 is 5.32 Å². The largest absolute Gasteiger partial charge is 0.342 e. The molecule has 2 rings (SSSR count). The highest BCUT2D eigenvalue weighted by Gasteiger charge is 2.30. The lowest BCUT2D eigenvalue weighted by Crippen LogP contribution is -2.44. The Labute approximate surface area is 90.0 Å². The molecule has 0 radical (unpaired) electrons. The molecule has 2 unspecified atom stereocenters. The van der Waals surface area contributed by atoms with Gasteiger partial charge in [0.05, 0.1) is 12.6 Å². The molecule has 2 aliphatic rings. The Bertz CT molecular complexity index is 229. The predicted octanol–water partition coefficient (Wildman–Crippen LogP) is 0.804. The summed E-state index contributed by atoms with van der Waals surface area (Å²) >= 11 is 0. The normalized spacial score (nSPS) is 31.9. The maximum atomic E-state index is 12.5. The fraction of sp³-hybridized carbons (Fsp3) is 0.909. The van der Waals surface area contributed by atoms with Crippen molar-refractivity contribution in [3.63, 3.8) is 0 Å². The molecular weight excluding hydrogens is 195 g/mol. The minimum absolute atomic E-state index is 0.0806. The second-order valence-electron chi connectivity index (χ2n) is 4.64. The number of rotatable bonds is 2. The van der Waals surface area contributed by atoms with Crippen LogP contribution in [0.2, 0.25) is 0 Å². The monoisotopic (exact) mass is 214 g/mol. The number of nitrogens with zero attached hydrogens (tertiary/aromatic N) is 1. The number of carbonyl (C=O) groups is 1. The van der Waals surface area contributed by atoms with Gasteiger partial charge in [-0.2, -0.15) is 0 Å². The average Bonchev–Trinajstić information content (AvgIpc) is 2.81. The van der Waals surface area contributed by atoms with Crippen molar-refractivity contribution in [1.29, 1.82) is 0 Å². The summed E-state index contributed by atoms with van der Waals surface area (Å²) in [5, 5.41) is 3.20. The molecule has 2 saturated heterocycles. The van der Waals surface area contributed by atoms with E-state index in [2.05, 4.69) is 5.32 Å². The molecule has 0 spiro atoms. The smallest absolute Gasteiger partial charge is 0.227 e. The van der Waals surface area contributed by atoms with Crippen LogP contribution in [0.25, 0.3) is 0 Å². The van der Waals surface area contributed by atoms with E-state index in [0.29, 0.717) is 6.54 Å². The van der Waals surface area contributed by atoms with Gasteiger partial charge in [-0.1, -0.05) is 0 Å². The van der Waals surface area contributed by atoms with Crippen LogP contribution in [0, 0.1) is 11.8 Å². The molecule has 1 amide bonds. The third-order valence-electron chi connectivity index (χ3n) is 3.46. The van der Waals surface area contributed by atoms with Crippen molar-refractivity contribution < 1.29 is 9.18 Å². The molecule has 4 heteroatoms. The van der Waals surface area contributed by atoms with Crippen molar-refractivity contribution in [3.8, 4) is 0 Å². The van der Waals surface area contributed by atoms with Gasteiger partial charge in [0.25, 0.3) is 0 Å². The lowest BCUT2D eigenvalue weighted by Gasteiger charge is -2.33. The third kappa shape index (κ3) is 2.48. The second-order valence-corrected chi connectivity index (χ2v) is 4.64. The van der Waals surface area contributed by atoms with Gasteiger partial charge in [-0.05, 0) is 25.8 Å². The Morgan fingerprint density at radius 2 is 2.33 bits per heavy atom. The summed E-state index contributed by atoms with van der Waals surface area (Å²) in [7, 11) is 0. The van der Waals surface area contributed by atoms with E-state index in [1.54, 1.807) is 0 Å². The summed E-state index contributed by atoms with van der Waals surface area (Å²) in [5.74, 6) is 0.457. The van der Waals surface area contributed by atoms with E-state index < -0.39 is 0 Å². The first-order valence-corrected chi connectivity index (χ1v) is 5.86. The maximum absolute atomic E-state index is 12.5. The topological polar surface area (TPSA) is 32.3 Å². The number of hydrogen-bond donors (Lipinski definition) is 1. The Balaban J connectivity index is 1.88. The quantitative estimate of drug-likeness (QED) is 0.737. The molecule has 2 fully saturated rings. The number of carbonyl (C=O) groups excluding carboxylic acids is 1. The van der Waals surface area contributed by atoms with E-state index in [-0.39, 0.29) is 24.4 Å². The van der Waals surface area contributed by atoms with Gasteiger partial charge in [0.1, 0.15) is 0 Å². The highest BCUT2D eigenvalue weighted by molar-refractivity contribution is 5.79. The average molecular weight is 214 g/mol. The van der Waals surface area contributed by atoms with E-state index in [1.165, 1.54) is 0 Å². The van der Waals surface area contributed by atoms with Crippen molar-refractivity contribution in [3.05, 3.63) is 0 Å². The fourth-order valence-electron chi connectivity index (χ4n) is 2.51. The van der Waals surface area contributed by atoms with Crippen LogP contribution in [0.1, 0.15) is 19.3 Å². The SMILES string of the molecule is O=C(C1CCNC1)N1CCCC(CF)C1. The zero-order valence-corrected chi connectivity index (χ0v) is 9.04. The maximum Gasteiger partial charge on any atom is 0.227 e. The van der Waals surface area contributed by atoms with Gasteiger partial charge in [0.15, 0.2) is 0 Å². The molecule has 2 atom stereocenters. The summed E-state index contributed by atoms with van der Waals surface area (Å²) in [5.41, 5.74) is 0. The van der Waals surface area contributed by atoms with Crippen molar-refractivity contribution in [2.45, 2.75) is 19.3 Å². The molecule has 0 aromatic heterocycles. The van der Waals surface area contributed by atoms with Gasteiger partial charge in [-0.25, -0.2) is 0 Å². The molecule has 0 aromatic rings. The van der Waals surface area contributed by atoms with E-state index in [4.69, 9.17) is 0 Å². The Morgan fingerprint density at radius 3 is 3.00 bits per heavy atom. The van der Waals surface area contributed by atoms with Crippen LogP contribution >= 0.6 is 0 Å². The second kappa shape index (κ2) is 4.92. The standard InChI is InChI=1S/C11H19FN2O/c12-6-9-2-1-5-14(8-9)11(15)10-3-4-13-7-10/h9-10,13H,1-8H2. The molecule has 0 aromatic carbocycles. The number of piperidine rings is 1. The molecule has 86 valence electrons.